The average Bonchev–Trinajstić information content (AvgIpc) is 3.48. The van der Waals surface area contributed by atoms with Crippen molar-refractivity contribution in [1.82, 2.24) is 14.8 Å². The number of nitrogens with zero attached hydrogens (tertiary/aromatic N) is 3. The monoisotopic (exact) mass is 464 g/mol. The number of nitrogens with one attached hydrogen (secondary N) is 1. The predicted molar refractivity (Wildman–Crippen MR) is 130 cm³/mol. The van der Waals surface area contributed by atoms with E-state index in [2.05, 4.69) is 43.7 Å². The topological polar surface area (TPSA) is 69.0 Å². The highest BCUT2D eigenvalue weighted by Crippen LogP contribution is 2.22. The summed E-state index contributed by atoms with van der Waals surface area (Å²) >= 11 is 3.12. The molecule has 4 aromatic rings. The summed E-state index contributed by atoms with van der Waals surface area (Å²) < 4.78 is 7.29. The van der Waals surface area contributed by atoms with Crippen molar-refractivity contribution in [2.24, 2.45) is 0 Å². The van der Waals surface area contributed by atoms with Gasteiger partial charge in [0, 0.05) is 23.5 Å². The van der Waals surface area contributed by atoms with Gasteiger partial charge < -0.3 is 14.6 Å². The van der Waals surface area contributed by atoms with E-state index in [0.717, 1.165) is 41.8 Å². The number of hydrogen-bond acceptors (Lipinski definition) is 6. The maximum atomic E-state index is 12.5. The predicted octanol–water partition coefficient (Wildman–Crippen LogP) is 4.91. The maximum Gasteiger partial charge on any atom is 0.234 e. The minimum absolute atomic E-state index is 0.0856. The second-order valence-electron chi connectivity index (χ2n) is 7.11. The molecule has 0 unspecified atom stereocenters. The zero-order valence-electron chi connectivity index (χ0n) is 17.7. The lowest BCUT2D eigenvalue weighted by molar-refractivity contribution is -0.113. The Bertz CT molecular complexity index is 1130. The lowest BCUT2D eigenvalue weighted by atomic mass is 10.1. The van der Waals surface area contributed by atoms with Crippen molar-refractivity contribution >= 4 is 34.7 Å². The van der Waals surface area contributed by atoms with Crippen molar-refractivity contribution in [1.29, 1.82) is 0 Å². The van der Waals surface area contributed by atoms with Crippen molar-refractivity contribution in [2.45, 2.75) is 24.5 Å². The van der Waals surface area contributed by atoms with Gasteiger partial charge in [0.1, 0.15) is 11.6 Å². The first-order valence-corrected chi connectivity index (χ1v) is 12.1. The van der Waals surface area contributed by atoms with Gasteiger partial charge in [0.25, 0.3) is 0 Å². The summed E-state index contributed by atoms with van der Waals surface area (Å²) in [7, 11) is 1.62. The smallest absolute Gasteiger partial charge is 0.234 e. The molecule has 0 radical (unpaired) electrons. The number of carbonyl (C=O) groups excluding carboxylic acids is 1. The van der Waals surface area contributed by atoms with Crippen molar-refractivity contribution in [2.75, 3.05) is 18.2 Å². The molecule has 0 aliphatic heterocycles. The molecule has 0 bridgehead atoms. The quantitative estimate of drug-likeness (QED) is 0.338. The molecule has 164 valence electrons. The van der Waals surface area contributed by atoms with Gasteiger partial charge in [-0.05, 0) is 47.7 Å². The van der Waals surface area contributed by atoms with Gasteiger partial charge in [-0.2, -0.15) is 0 Å². The number of methoxy groups -OCH3 is 1. The molecule has 8 heteroatoms. The number of anilines is 1. The molecular formula is C24H24N4O2S2. The number of thiophene rings is 1. The van der Waals surface area contributed by atoms with Gasteiger partial charge in [-0.1, -0.05) is 48.2 Å². The van der Waals surface area contributed by atoms with Crippen LogP contribution in [-0.4, -0.2) is 33.5 Å². The van der Waals surface area contributed by atoms with Crippen molar-refractivity contribution in [3.63, 3.8) is 0 Å². The van der Waals surface area contributed by atoms with Crippen LogP contribution in [0.1, 0.15) is 16.3 Å². The number of rotatable bonds is 10. The van der Waals surface area contributed by atoms with E-state index in [1.807, 2.05) is 48.5 Å². The van der Waals surface area contributed by atoms with Crippen LogP contribution in [0.4, 0.5) is 5.69 Å². The van der Waals surface area contributed by atoms with Gasteiger partial charge in [-0.25, -0.2) is 0 Å². The molecule has 1 N–H and O–H groups in total. The number of ether oxygens (including phenoxy) is 1. The van der Waals surface area contributed by atoms with E-state index < -0.39 is 0 Å². The Morgan fingerprint density at radius 3 is 2.59 bits per heavy atom. The molecule has 0 spiro atoms. The van der Waals surface area contributed by atoms with Gasteiger partial charge in [-0.3, -0.25) is 4.79 Å². The Labute approximate surface area is 195 Å². The normalized spacial score (nSPS) is 10.8. The van der Waals surface area contributed by atoms with E-state index in [0.29, 0.717) is 0 Å². The van der Waals surface area contributed by atoms with E-state index in [1.165, 1.54) is 22.2 Å². The Balaban J connectivity index is 1.42. The van der Waals surface area contributed by atoms with E-state index in [-0.39, 0.29) is 11.7 Å². The fourth-order valence-electron chi connectivity index (χ4n) is 3.24. The summed E-state index contributed by atoms with van der Waals surface area (Å²) in [6.45, 7) is 0.764. The molecule has 2 aromatic heterocycles. The number of aryl methyl sites for hydroxylation is 1. The highest BCUT2D eigenvalue weighted by Gasteiger charge is 2.15. The lowest BCUT2D eigenvalue weighted by Crippen LogP contribution is -2.15. The molecule has 6 nitrogen and oxygen atoms in total. The summed E-state index contributed by atoms with van der Waals surface area (Å²) in [5.74, 6) is 1.84. The summed E-state index contributed by atoms with van der Waals surface area (Å²) in [5, 5.41) is 14.6. The van der Waals surface area contributed by atoms with Gasteiger partial charge in [0.2, 0.25) is 5.91 Å². The molecule has 0 aliphatic rings. The molecule has 2 aromatic carbocycles. The number of thioether (sulfide) groups is 1. The van der Waals surface area contributed by atoms with Crippen molar-refractivity contribution in [3.8, 4) is 5.75 Å². The second-order valence-corrected chi connectivity index (χ2v) is 9.08. The van der Waals surface area contributed by atoms with Crippen LogP contribution in [0.5, 0.6) is 5.75 Å². The molecule has 0 aliphatic carbocycles. The zero-order valence-corrected chi connectivity index (χ0v) is 19.4. The Morgan fingerprint density at radius 2 is 1.88 bits per heavy atom. The van der Waals surface area contributed by atoms with Gasteiger partial charge in [0.15, 0.2) is 5.16 Å². The molecule has 2 heterocycles. The van der Waals surface area contributed by atoms with Crippen LogP contribution in [0.25, 0.3) is 0 Å². The third kappa shape index (κ3) is 5.99. The minimum Gasteiger partial charge on any atom is -0.497 e. The van der Waals surface area contributed by atoms with Gasteiger partial charge in [-0.15, -0.1) is 21.5 Å². The number of amides is 1. The van der Waals surface area contributed by atoms with Crippen LogP contribution in [-0.2, 0) is 24.2 Å². The lowest BCUT2D eigenvalue weighted by Gasteiger charge is -2.10. The van der Waals surface area contributed by atoms with E-state index >= 15 is 0 Å². The first kappa shape index (κ1) is 22.1. The number of aromatic nitrogens is 3. The zero-order chi connectivity index (χ0) is 22.2. The van der Waals surface area contributed by atoms with Gasteiger partial charge >= 0.3 is 0 Å². The Hall–Kier alpha value is -3.10. The van der Waals surface area contributed by atoms with E-state index in [1.54, 1.807) is 18.4 Å². The molecule has 0 saturated carbocycles. The first-order valence-electron chi connectivity index (χ1n) is 10.3. The van der Waals surface area contributed by atoms with Crippen LogP contribution in [0.15, 0.2) is 77.3 Å². The average molecular weight is 465 g/mol. The third-order valence-corrected chi connectivity index (χ3v) is 6.72. The largest absolute Gasteiger partial charge is 0.497 e. The Kier molecular flexibility index (Phi) is 7.58. The van der Waals surface area contributed by atoms with Crippen molar-refractivity contribution in [3.05, 3.63) is 88.4 Å². The highest BCUT2D eigenvalue weighted by atomic mass is 32.2. The first-order chi connectivity index (χ1) is 15.7. The minimum atomic E-state index is -0.0856. The van der Waals surface area contributed by atoms with Crippen LogP contribution in [0.2, 0.25) is 0 Å². The van der Waals surface area contributed by atoms with Crippen LogP contribution in [0.3, 0.4) is 0 Å². The number of carbonyl (C=O) groups is 1. The standard InChI is InChI=1S/C24H24N4O2S2/c1-30-20-11-9-19(10-12-20)25-23(29)17-32-24-27-26-22(16-21-8-5-15-31-21)28(24)14-13-18-6-3-2-4-7-18/h2-12,15H,13-14,16-17H2,1H3,(H,25,29). The molecule has 1 amide bonds. The molecule has 32 heavy (non-hydrogen) atoms. The van der Waals surface area contributed by atoms with Crippen LogP contribution >= 0.6 is 23.1 Å². The summed E-state index contributed by atoms with van der Waals surface area (Å²) in [6, 6.07) is 21.8. The SMILES string of the molecule is COc1ccc(NC(=O)CSc2nnc(Cc3cccs3)n2CCc2ccccc2)cc1. The van der Waals surface area contributed by atoms with Crippen LogP contribution in [0, 0.1) is 0 Å². The van der Waals surface area contributed by atoms with E-state index in [4.69, 9.17) is 4.74 Å². The molecule has 0 saturated heterocycles. The second kappa shape index (κ2) is 11.0. The van der Waals surface area contributed by atoms with Crippen LogP contribution < -0.4 is 10.1 Å². The highest BCUT2D eigenvalue weighted by molar-refractivity contribution is 7.99. The molecule has 0 atom stereocenters. The van der Waals surface area contributed by atoms with Gasteiger partial charge in [0.05, 0.1) is 12.9 Å². The maximum absolute atomic E-state index is 12.5. The third-order valence-electron chi connectivity index (χ3n) is 4.88. The van der Waals surface area contributed by atoms with E-state index in [9.17, 15) is 4.79 Å². The summed E-state index contributed by atoms with van der Waals surface area (Å²) in [4.78, 5) is 13.7. The number of hydrogen-bond donors (Lipinski definition) is 1. The molecule has 0 fully saturated rings. The molecule has 4 rings (SSSR count). The molecular weight excluding hydrogens is 440 g/mol. The fraction of sp³-hybridized carbons (Fsp3) is 0.208. The number of benzene rings is 2. The van der Waals surface area contributed by atoms with Crippen molar-refractivity contribution < 1.29 is 9.53 Å². The summed E-state index contributed by atoms with van der Waals surface area (Å²) in [5.41, 5.74) is 2.00. The Morgan fingerprint density at radius 1 is 1.06 bits per heavy atom. The fourth-order valence-corrected chi connectivity index (χ4v) is 4.72. The summed E-state index contributed by atoms with van der Waals surface area (Å²) in [6.07, 6.45) is 1.61.